The van der Waals surface area contributed by atoms with Gasteiger partial charge in [-0.1, -0.05) is 0 Å². The minimum Gasteiger partial charge on any atom is -0.378 e. The van der Waals surface area contributed by atoms with Gasteiger partial charge in [0.25, 0.3) is 5.56 Å². The first-order valence-corrected chi connectivity index (χ1v) is 8.75. The van der Waals surface area contributed by atoms with Crippen molar-refractivity contribution in [1.82, 2.24) is 15.1 Å². The average molecular weight is 303 g/mol. The Bertz CT molecular complexity index is 586. The molecule has 2 fully saturated rings. The van der Waals surface area contributed by atoms with Crippen LogP contribution in [0.25, 0.3) is 0 Å². The van der Waals surface area contributed by atoms with Crippen LogP contribution in [0.1, 0.15) is 55.8 Å². The van der Waals surface area contributed by atoms with Gasteiger partial charge >= 0.3 is 0 Å². The molecule has 1 N–H and O–H groups in total. The normalized spacial score (nSPS) is 28.9. The molecule has 5 nitrogen and oxygen atoms in total. The number of nitrogens with one attached hydrogen (secondary N) is 1. The van der Waals surface area contributed by atoms with Gasteiger partial charge in [-0.2, -0.15) is 5.10 Å². The summed E-state index contributed by atoms with van der Waals surface area (Å²) in [5.74, 6) is 0. The third kappa shape index (κ3) is 2.84. The SMILES string of the molecule is O=c1cc2c(nn1C1CCC(NC3COC3)CC1)CCCC2. The van der Waals surface area contributed by atoms with E-state index >= 15 is 0 Å². The maximum atomic E-state index is 12.4. The fraction of sp³-hybridized carbons (Fsp3) is 0.765. The molecule has 1 saturated heterocycles. The first kappa shape index (κ1) is 14.4. The van der Waals surface area contributed by atoms with Crippen LogP contribution in [0, 0.1) is 0 Å². The summed E-state index contributed by atoms with van der Waals surface area (Å²) in [6, 6.07) is 3.26. The van der Waals surface area contributed by atoms with E-state index < -0.39 is 0 Å². The number of rotatable bonds is 3. The molecule has 0 amide bonds. The zero-order valence-electron chi connectivity index (χ0n) is 13.1. The van der Waals surface area contributed by atoms with E-state index in [9.17, 15) is 4.79 Å². The zero-order chi connectivity index (χ0) is 14.9. The monoisotopic (exact) mass is 303 g/mol. The minimum atomic E-state index is 0.101. The van der Waals surface area contributed by atoms with Gasteiger partial charge in [-0.3, -0.25) is 4.79 Å². The molecule has 2 heterocycles. The van der Waals surface area contributed by atoms with Gasteiger partial charge in [-0.25, -0.2) is 4.68 Å². The second-order valence-corrected chi connectivity index (χ2v) is 7.01. The van der Waals surface area contributed by atoms with E-state index in [1.807, 2.05) is 6.07 Å². The van der Waals surface area contributed by atoms with Crippen molar-refractivity contribution in [2.75, 3.05) is 13.2 Å². The largest absolute Gasteiger partial charge is 0.378 e. The molecule has 120 valence electrons. The highest BCUT2D eigenvalue weighted by molar-refractivity contribution is 5.20. The van der Waals surface area contributed by atoms with E-state index in [2.05, 4.69) is 5.32 Å². The molecule has 0 bridgehead atoms. The molecule has 0 atom stereocenters. The van der Waals surface area contributed by atoms with E-state index in [4.69, 9.17) is 9.84 Å². The van der Waals surface area contributed by atoms with Crippen molar-refractivity contribution in [3.05, 3.63) is 27.7 Å². The fourth-order valence-corrected chi connectivity index (χ4v) is 3.99. The summed E-state index contributed by atoms with van der Waals surface area (Å²) in [6.07, 6.45) is 8.83. The maximum absolute atomic E-state index is 12.4. The van der Waals surface area contributed by atoms with Crippen molar-refractivity contribution in [2.45, 2.75) is 69.5 Å². The van der Waals surface area contributed by atoms with Gasteiger partial charge in [0.15, 0.2) is 0 Å². The lowest BCUT2D eigenvalue weighted by Gasteiger charge is -2.35. The van der Waals surface area contributed by atoms with Gasteiger partial charge in [0.05, 0.1) is 31.0 Å². The number of fused-ring (bicyclic) bond motifs is 1. The number of ether oxygens (including phenoxy) is 1. The summed E-state index contributed by atoms with van der Waals surface area (Å²) in [4.78, 5) is 12.4. The van der Waals surface area contributed by atoms with Crippen LogP contribution in [0.5, 0.6) is 0 Å². The van der Waals surface area contributed by atoms with Crippen LogP contribution < -0.4 is 10.9 Å². The molecule has 0 aromatic carbocycles. The highest BCUT2D eigenvalue weighted by Crippen LogP contribution is 2.28. The minimum absolute atomic E-state index is 0.101. The second-order valence-electron chi connectivity index (χ2n) is 7.01. The van der Waals surface area contributed by atoms with Crippen molar-refractivity contribution < 1.29 is 4.74 Å². The number of hydrogen-bond acceptors (Lipinski definition) is 4. The summed E-state index contributed by atoms with van der Waals surface area (Å²) >= 11 is 0. The van der Waals surface area contributed by atoms with Crippen molar-refractivity contribution in [2.24, 2.45) is 0 Å². The quantitative estimate of drug-likeness (QED) is 0.921. The van der Waals surface area contributed by atoms with Crippen LogP contribution in [0.15, 0.2) is 10.9 Å². The van der Waals surface area contributed by atoms with Crippen LogP contribution in [0.2, 0.25) is 0 Å². The average Bonchev–Trinajstić information content (AvgIpc) is 2.51. The zero-order valence-corrected chi connectivity index (χ0v) is 13.1. The van der Waals surface area contributed by atoms with E-state index in [0.717, 1.165) is 57.4 Å². The van der Waals surface area contributed by atoms with Gasteiger partial charge in [-0.05, 0) is 56.9 Å². The van der Waals surface area contributed by atoms with Crippen LogP contribution >= 0.6 is 0 Å². The predicted molar refractivity (Wildman–Crippen MR) is 84.2 cm³/mol. The molecule has 1 saturated carbocycles. The smallest absolute Gasteiger partial charge is 0.267 e. The Morgan fingerprint density at radius 2 is 1.86 bits per heavy atom. The van der Waals surface area contributed by atoms with E-state index in [-0.39, 0.29) is 11.6 Å². The number of aryl methyl sites for hydroxylation is 2. The van der Waals surface area contributed by atoms with Gasteiger partial charge in [0.1, 0.15) is 0 Å². The maximum Gasteiger partial charge on any atom is 0.267 e. The predicted octanol–water partition coefficient (Wildman–Crippen LogP) is 1.59. The Balaban J connectivity index is 1.43. The molecule has 4 rings (SSSR count). The molecule has 0 spiro atoms. The molecular formula is C17H25N3O2. The highest BCUT2D eigenvalue weighted by atomic mass is 16.5. The Kier molecular flexibility index (Phi) is 4.01. The Morgan fingerprint density at radius 3 is 2.59 bits per heavy atom. The Labute approximate surface area is 131 Å². The van der Waals surface area contributed by atoms with Gasteiger partial charge in [0.2, 0.25) is 0 Å². The molecule has 1 aromatic heterocycles. The molecular weight excluding hydrogens is 278 g/mol. The first-order chi connectivity index (χ1) is 10.8. The van der Waals surface area contributed by atoms with Gasteiger partial charge in [-0.15, -0.1) is 0 Å². The van der Waals surface area contributed by atoms with Crippen molar-refractivity contribution >= 4 is 0 Å². The fourth-order valence-electron chi connectivity index (χ4n) is 3.99. The van der Waals surface area contributed by atoms with Gasteiger partial charge in [0, 0.05) is 12.1 Å². The summed E-state index contributed by atoms with van der Waals surface area (Å²) in [7, 11) is 0. The molecule has 0 unspecified atom stereocenters. The van der Waals surface area contributed by atoms with E-state index in [1.165, 1.54) is 18.4 Å². The lowest BCUT2D eigenvalue weighted by atomic mass is 9.90. The third-order valence-corrected chi connectivity index (χ3v) is 5.38. The molecule has 5 heteroatoms. The standard InChI is InChI=1S/C17H25N3O2/c21-17-9-12-3-1-2-4-16(12)19-20(17)15-7-5-13(6-8-15)18-14-10-22-11-14/h9,13-15,18H,1-8,10-11H2. The molecule has 1 aliphatic heterocycles. The summed E-state index contributed by atoms with van der Waals surface area (Å²) in [6.45, 7) is 1.71. The molecule has 3 aliphatic rings. The first-order valence-electron chi connectivity index (χ1n) is 8.75. The van der Waals surface area contributed by atoms with Crippen LogP contribution in [-0.4, -0.2) is 35.1 Å². The lowest BCUT2D eigenvalue weighted by Crippen LogP contribution is -2.51. The summed E-state index contributed by atoms with van der Waals surface area (Å²) in [5.41, 5.74) is 2.45. The van der Waals surface area contributed by atoms with Crippen LogP contribution in [0.3, 0.4) is 0 Å². The molecule has 2 aliphatic carbocycles. The van der Waals surface area contributed by atoms with Crippen LogP contribution in [-0.2, 0) is 17.6 Å². The van der Waals surface area contributed by atoms with Gasteiger partial charge < -0.3 is 10.1 Å². The third-order valence-electron chi connectivity index (χ3n) is 5.38. The topological polar surface area (TPSA) is 56.2 Å². The van der Waals surface area contributed by atoms with Crippen molar-refractivity contribution in [3.63, 3.8) is 0 Å². The Morgan fingerprint density at radius 1 is 1.09 bits per heavy atom. The number of hydrogen-bond donors (Lipinski definition) is 1. The Hall–Kier alpha value is -1.20. The number of aromatic nitrogens is 2. The second kappa shape index (κ2) is 6.13. The molecule has 22 heavy (non-hydrogen) atoms. The van der Waals surface area contributed by atoms with Crippen molar-refractivity contribution in [1.29, 1.82) is 0 Å². The summed E-state index contributed by atoms with van der Waals surface area (Å²) < 4.78 is 7.00. The molecule has 0 radical (unpaired) electrons. The highest BCUT2D eigenvalue weighted by Gasteiger charge is 2.28. The number of nitrogens with zero attached hydrogens (tertiary/aromatic N) is 2. The molecule has 1 aromatic rings. The lowest BCUT2D eigenvalue weighted by molar-refractivity contribution is -0.0126. The van der Waals surface area contributed by atoms with Crippen molar-refractivity contribution in [3.8, 4) is 0 Å². The van der Waals surface area contributed by atoms with E-state index in [0.29, 0.717) is 12.1 Å². The summed E-state index contributed by atoms with van der Waals surface area (Å²) in [5, 5.41) is 8.37. The van der Waals surface area contributed by atoms with Crippen LogP contribution in [0.4, 0.5) is 0 Å². The van der Waals surface area contributed by atoms with E-state index in [1.54, 1.807) is 4.68 Å².